The summed E-state index contributed by atoms with van der Waals surface area (Å²) in [4.78, 5) is 10.3. The van der Waals surface area contributed by atoms with Crippen molar-refractivity contribution in [3.8, 4) is 5.75 Å². The SMILES string of the molecule is COc1cccc(C(O)CBr)c1[N+](=O)[O-]. The van der Waals surface area contributed by atoms with Crippen molar-refractivity contribution in [3.63, 3.8) is 0 Å². The van der Waals surface area contributed by atoms with Gasteiger partial charge in [-0.05, 0) is 12.1 Å². The lowest BCUT2D eigenvalue weighted by atomic mass is 10.1. The van der Waals surface area contributed by atoms with Gasteiger partial charge < -0.3 is 9.84 Å². The molecular weight excluding hydrogens is 266 g/mol. The van der Waals surface area contributed by atoms with Gasteiger partial charge in [-0.2, -0.15) is 0 Å². The zero-order chi connectivity index (χ0) is 11.4. The average Bonchev–Trinajstić information content (AvgIpc) is 2.26. The van der Waals surface area contributed by atoms with Crippen LogP contribution in [0.3, 0.4) is 0 Å². The number of aliphatic hydroxyl groups is 1. The van der Waals surface area contributed by atoms with Gasteiger partial charge in [-0.25, -0.2) is 0 Å². The van der Waals surface area contributed by atoms with Crippen LogP contribution in [0, 0.1) is 10.1 Å². The lowest BCUT2D eigenvalue weighted by molar-refractivity contribution is -0.387. The van der Waals surface area contributed by atoms with E-state index in [1.807, 2.05) is 0 Å². The van der Waals surface area contributed by atoms with Gasteiger partial charge in [0.2, 0.25) is 0 Å². The Morgan fingerprint density at radius 3 is 2.80 bits per heavy atom. The van der Waals surface area contributed by atoms with Gasteiger partial charge in [0, 0.05) is 5.33 Å². The second-order valence-electron chi connectivity index (χ2n) is 2.83. The molecular formula is C9H10BrNO4. The summed E-state index contributed by atoms with van der Waals surface area (Å²) in [5.41, 5.74) is 0.0585. The number of aliphatic hydroxyl groups excluding tert-OH is 1. The molecule has 1 atom stereocenters. The van der Waals surface area contributed by atoms with Gasteiger partial charge in [0.15, 0.2) is 5.75 Å². The number of alkyl halides is 1. The summed E-state index contributed by atoms with van der Waals surface area (Å²) in [5.74, 6) is 0.150. The zero-order valence-electron chi connectivity index (χ0n) is 8.01. The Morgan fingerprint density at radius 1 is 1.67 bits per heavy atom. The number of halogens is 1. The van der Waals surface area contributed by atoms with Crippen LogP contribution in [0.1, 0.15) is 11.7 Å². The van der Waals surface area contributed by atoms with Gasteiger partial charge in [-0.3, -0.25) is 10.1 Å². The number of benzene rings is 1. The Hall–Kier alpha value is -1.14. The summed E-state index contributed by atoms with van der Waals surface area (Å²) < 4.78 is 4.87. The third-order valence-electron chi connectivity index (χ3n) is 1.94. The predicted molar refractivity (Wildman–Crippen MR) is 58.4 cm³/mol. The topological polar surface area (TPSA) is 72.6 Å². The molecule has 15 heavy (non-hydrogen) atoms. The van der Waals surface area contributed by atoms with Gasteiger partial charge in [-0.1, -0.05) is 22.0 Å². The molecule has 0 spiro atoms. The van der Waals surface area contributed by atoms with Crippen molar-refractivity contribution < 1.29 is 14.8 Å². The van der Waals surface area contributed by atoms with E-state index in [1.54, 1.807) is 6.07 Å². The predicted octanol–water partition coefficient (Wildman–Crippen LogP) is 2.03. The normalized spacial score (nSPS) is 12.2. The molecule has 0 heterocycles. The number of methoxy groups -OCH3 is 1. The molecule has 0 aliphatic heterocycles. The molecule has 0 aliphatic carbocycles. The molecule has 1 N–H and O–H groups in total. The molecule has 0 saturated carbocycles. The fourth-order valence-electron chi connectivity index (χ4n) is 1.25. The first-order valence-electron chi connectivity index (χ1n) is 4.17. The quantitative estimate of drug-likeness (QED) is 0.519. The van der Waals surface area contributed by atoms with Gasteiger partial charge in [0.05, 0.1) is 23.7 Å². The van der Waals surface area contributed by atoms with E-state index in [2.05, 4.69) is 15.9 Å². The lowest BCUT2D eigenvalue weighted by Gasteiger charge is -2.10. The fraction of sp³-hybridized carbons (Fsp3) is 0.333. The van der Waals surface area contributed by atoms with Crippen molar-refractivity contribution in [1.82, 2.24) is 0 Å². The van der Waals surface area contributed by atoms with Crippen LogP contribution in [-0.2, 0) is 0 Å². The standard InChI is InChI=1S/C9H10BrNO4/c1-15-8-4-2-3-6(7(12)5-10)9(8)11(13)14/h2-4,7,12H,5H2,1H3. The number of nitro groups is 1. The molecule has 1 aromatic rings. The molecule has 6 heteroatoms. The Kier molecular flexibility index (Phi) is 4.05. The Balaban J connectivity index is 3.31. The highest BCUT2D eigenvalue weighted by Crippen LogP contribution is 2.34. The number of para-hydroxylation sites is 1. The van der Waals surface area contributed by atoms with Crippen molar-refractivity contribution in [2.45, 2.75) is 6.10 Å². The van der Waals surface area contributed by atoms with Gasteiger partial charge >= 0.3 is 5.69 Å². The van der Waals surface area contributed by atoms with Crippen LogP contribution < -0.4 is 4.74 Å². The van der Waals surface area contributed by atoms with Crippen LogP contribution in [0.2, 0.25) is 0 Å². The Morgan fingerprint density at radius 2 is 2.33 bits per heavy atom. The first kappa shape index (κ1) is 11.9. The summed E-state index contributed by atoms with van der Waals surface area (Å²) in [6.07, 6.45) is -0.916. The van der Waals surface area contributed by atoms with Crippen molar-refractivity contribution in [1.29, 1.82) is 0 Å². The van der Waals surface area contributed by atoms with Crippen LogP contribution in [0.15, 0.2) is 18.2 Å². The molecule has 5 nitrogen and oxygen atoms in total. The van der Waals surface area contributed by atoms with Crippen molar-refractivity contribution in [2.24, 2.45) is 0 Å². The van der Waals surface area contributed by atoms with Crippen LogP contribution in [0.4, 0.5) is 5.69 Å². The summed E-state index contributed by atoms with van der Waals surface area (Å²) in [6.45, 7) is 0. The molecule has 0 aromatic heterocycles. The molecule has 0 saturated heterocycles. The fourth-order valence-corrected chi connectivity index (χ4v) is 1.60. The summed E-state index contributed by atoms with van der Waals surface area (Å²) in [7, 11) is 1.35. The number of hydrogen-bond acceptors (Lipinski definition) is 4. The van der Waals surface area contributed by atoms with Gasteiger partial charge in [0.1, 0.15) is 0 Å². The summed E-state index contributed by atoms with van der Waals surface area (Å²) in [5, 5.41) is 20.6. The maximum absolute atomic E-state index is 10.8. The minimum absolute atomic E-state index is 0.150. The minimum atomic E-state index is -0.916. The largest absolute Gasteiger partial charge is 0.490 e. The van der Waals surface area contributed by atoms with Gasteiger partial charge in [-0.15, -0.1) is 0 Å². The summed E-state index contributed by atoms with van der Waals surface area (Å²) in [6, 6.07) is 4.60. The number of ether oxygens (including phenoxy) is 1. The molecule has 0 aliphatic rings. The molecule has 1 rings (SSSR count). The highest BCUT2D eigenvalue weighted by atomic mass is 79.9. The van der Waals surface area contributed by atoms with E-state index in [0.29, 0.717) is 0 Å². The number of nitrogens with zero attached hydrogens (tertiary/aromatic N) is 1. The van der Waals surface area contributed by atoms with E-state index in [1.165, 1.54) is 19.2 Å². The van der Waals surface area contributed by atoms with Crippen molar-refractivity contribution in [3.05, 3.63) is 33.9 Å². The van der Waals surface area contributed by atoms with E-state index >= 15 is 0 Å². The highest BCUT2D eigenvalue weighted by Gasteiger charge is 2.24. The minimum Gasteiger partial charge on any atom is -0.490 e. The van der Waals surface area contributed by atoms with Gasteiger partial charge in [0.25, 0.3) is 0 Å². The Bertz CT molecular complexity index is 369. The van der Waals surface area contributed by atoms with E-state index in [4.69, 9.17) is 4.74 Å². The second-order valence-corrected chi connectivity index (χ2v) is 3.47. The van der Waals surface area contributed by atoms with E-state index in [9.17, 15) is 15.2 Å². The first-order valence-corrected chi connectivity index (χ1v) is 5.29. The third kappa shape index (κ3) is 2.45. The van der Waals surface area contributed by atoms with Crippen LogP contribution in [-0.4, -0.2) is 22.5 Å². The zero-order valence-corrected chi connectivity index (χ0v) is 9.60. The number of rotatable bonds is 4. The van der Waals surface area contributed by atoms with E-state index in [0.717, 1.165) is 0 Å². The monoisotopic (exact) mass is 275 g/mol. The van der Waals surface area contributed by atoms with E-state index < -0.39 is 11.0 Å². The van der Waals surface area contributed by atoms with E-state index in [-0.39, 0.29) is 22.3 Å². The molecule has 1 unspecified atom stereocenters. The maximum atomic E-state index is 10.8. The Labute approximate surface area is 95.0 Å². The average molecular weight is 276 g/mol. The highest BCUT2D eigenvalue weighted by molar-refractivity contribution is 9.09. The molecule has 0 radical (unpaired) electrons. The molecule has 0 amide bonds. The van der Waals surface area contributed by atoms with Crippen LogP contribution >= 0.6 is 15.9 Å². The maximum Gasteiger partial charge on any atom is 0.316 e. The lowest BCUT2D eigenvalue weighted by Crippen LogP contribution is -2.04. The van der Waals surface area contributed by atoms with Crippen LogP contribution in [0.25, 0.3) is 0 Å². The molecule has 82 valence electrons. The smallest absolute Gasteiger partial charge is 0.316 e. The number of hydrogen-bond donors (Lipinski definition) is 1. The molecule has 0 fully saturated rings. The molecule has 1 aromatic carbocycles. The molecule has 0 bridgehead atoms. The summed E-state index contributed by atoms with van der Waals surface area (Å²) >= 11 is 3.07. The first-order chi connectivity index (χ1) is 7.11. The number of nitro benzene ring substituents is 1. The van der Waals surface area contributed by atoms with Crippen LogP contribution in [0.5, 0.6) is 5.75 Å². The second kappa shape index (κ2) is 5.09. The third-order valence-corrected chi connectivity index (χ3v) is 2.55. The van der Waals surface area contributed by atoms with Crippen molar-refractivity contribution in [2.75, 3.05) is 12.4 Å². The van der Waals surface area contributed by atoms with Crippen molar-refractivity contribution >= 4 is 21.6 Å².